The predicted molar refractivity (Wildman–Crippen MR) is 107 cm³/mol. The Morgan fingerprint density at radius 3 is 2.48 bits per heavy atom. The highest BCUT2D eigenvalue weighted by atomic mass is 35.5. The largest absolute Gasteiger partial charge is 0.452 e. The molecule has 1 atom stereocenters. The zero-order valence-electron chi connectivity index (χ0n) is 14.8. The van der Waals surface area contributed by atoms with Crippen molar-refractivity contribution in [1.82, 2.24) is 0 Å². The van der Waals surface area contributed by atoms with Crippen LogP contribution in [0.3, 0.4) is 0 Å². The van der Waals surface area contributed by atoms with E-state index in [1.54, 1.807) is 36.4 Å². The van der Waals surface area contributed by atoms with Crippen molar-refractivity contribution in [2.75, 3.05) is 17.2 Å². The van der Waals surface area contributed by atoms with Gasteiger partial charge in [-0.05, 0) is 43.3 Å². The van der Waals surface area contributed by atoms with Crippen LogP contribution < -0.4 is 4.90 Å². The number of para-hydroxylation sites is 1. The van der Waals surface area contributed by atoms with E-state index < -0.39 is 12.1 Å². The number of carbonyl (C=O) groups excluding carboxylic acids is 2. The number of esters is 1. The predicted octanol–water partition coefficient (Wildman–Crippen LogP) is 4.31. The number of rotatable bonds is 8. The summed E-state index contributed by atoms with van der Waals surface area (Å²) in [6, 6.07) is 18.2. The van der Waals surface area contributed by atoms with Crippen molar-refractivity contribution >= 4 is 40.9 Å². The number of anilines is 1. The highest BCUT2D eigenvalue weighted by Gasteiger charge is 2.24. The number of nitriles is 1. The third kappa shape index (κ3) is 6.63. The van der Waals surface area contributed by atoms with Gasteiger partial charge in [0.2, 0.25) is 0 Å². The molecule has 0 radical (unpaired) electrons. The SMILES string of the molecule is CC(OC(=O)CSc1ccc(Cl)cc1)C(=O)N(CCC#N)c1ccccc1. The second kappa shape index (κ2) is 10.6. The van der Waals surface area contributed by atoms with Gasteiger partial charge < -0.3 is 9.64 Å². The molecular weight excluding hydrogens is 384 g/mol. The van der Waals surface area contributed by atoms with Gasteiger partial charge in [-0.3, -0.25) is 9.59 Å². The van der Waals surface area contributed by atoms with E-state index >= 15 is 0 Å². The molecule has 2 rings (SSSR count). The first-order valence-electron chi connectivity index (χ1n) is 8.32. The Morgan fingerprint density at radius 1 is 1.19 bits per heavy atom. The molecule has 7 heteroatoms. The first-order chi connectivity index (χ1) is 13.0. The summed E-state index contributed by atoms with van der Waals surface area (Å²) in [5.74, 6) is -0.756. The van der Waals surface area contributed by atoms with Crippen molar-refractivity contribution < 1.29 is 14.3 Å². The molecule has 140 valence electrons. The quantitative estimate of drug-likeness (QED) is 0.486. The van der Waals surface area contributed by atoms with Crippen LogP contribution in [-0.4, -0.2) is 30.3 Å². The molecule has 0 saturated carbocycles. The summed E-state index contributed by atoms with van der Waals surface area (Å²) >= 11 is 7.14. The van der Waals surface area contributed by atoms with Gasteiger partial charge in [0.15, 0.2) is 6.10 Å². The third-order valence-corrected chi connectivity index (χ3v) is 4.84. The van der Waals surface area contributed by atoms with E-state index in [2.05, 4.69) is 0 Å². The normalized spacial score (nSPS) is 11.3. The maximum Gasteiger partial charge on any atom is 0.317 e. The molecule has 27 heavy (non-hydrogen) atoms. The molecular formula is C20H19ClN2O3S. The van der Waals surface area contributed by atoms with Gasteiger partial charge >= 0.3 is 5.97 Å². The van der Waals surface area contributed by atoms with Crippen LogP contribution in [0.5, 0.6) is 0 Å². The highest BCUT2D eigenvalue weighted by Crippen LogP contribution is 2.21. The molecule has 0 bridgehead atoms. The van der Waals surface area contributed by atoms with Gasteiger partial charge in [-0.2, -0.15) is 5.26 Å². The fourth-order valence-electron chi connectivity index (χ4n) is 2.31. The highest BCUT2D eigenvalue weighted by molar-refractivity contribution is 8.00. The van der Waals surface area contributed by atoms with Crippen LogP contribution in [0.25, 0.3) is 0 Å². The van der Waals surface area contributed by atoms with Gasteiger partial charge in [0.05, 0.1) is 18.2 Å². The van der Waals surface area contributed by atoms with Crippen molar-refractivity contribution in [1.29, 1.82) is 5.26 Å². The van der Waals surface area contributed by atoms with Crippen molar-refractivity contribution in [3.05, 3.63) is 59.6 Å². The molecule has 2 aromatic rings. The van der Waals surface area contributed by atoms with Gasteiger partial charge in [0.1, 0.15) is 0 Å². The number of thioether (sulfide) groups is 1. The lowest BCUT2D eigenvalue weighted by Gasteiger charge is -2.25. The molecule has 2 aromatic carbocycles. The molecule has 0 fully saturated rings. The summed E-state index contributed by atoms with van der Waals surface area (Å²) in [4.78, 5) is 27.1. The van der Waals surface area contributed by atoms with E-state index in [1.807, 2.05) is 24.3 Å². The average molecular weight is 403 g/mol. The topological polar surface area (TPSA) is 70.4 Å². The van der Waals surface area contributed by atoms with Gasteiger partial charge in [0, 0.05) is 22.2 Å². The Hall–Kier alpha value is -2.49. The van der Waals surface area contributed by atoms with E-state index in [1.165, 1.54) is 23.6 Å². The van der Waals surface area contributed by atoms with E-state index in [9.17, 15) is 9.59 Å². The summed E-state index contributed by atoms with van der Waals surface area (Å²) in [5, 5.41) is 9.46. The molecule has 0 N–H and O–H groups in total. The summed E-state index contributed by atoms with van der Waals surface area (Å²) in [6.07, 6.45) is -0.754. The molecule has 0 aliphatic heterocycles. The Labute approximate surface area is 167 Å². The minimum atomic E-state index is -0.942. The molecule has 5 nitrogen and oxygen atoms in total. The number of ether oxygens (including phenoxy) is 1. The Kier molecular flexibility index (Phi) is 8.18. The van der Waals surface area contributed by atoms with Gasteiger partial charge in [-0.1, -0.05) is 29.8 Å². The molecule has 0 heterocycles. The van der Waals surface area contributed by atoms with Crippen LogP contribution in [0.4, 0.5) is 5.69 Å². The maximum absolute atomic E-state index is 12.7. The molecule has 0 spiro atoms. The smallest absolute Gasteiger partial charge is 0.317 e. The second-order valence-corrected chi connectivity index (χ2v) is 7.09. The number of carbonyl (C=O) groups is 2. The monoisotopic (exact) mass is 402 g/mol. The van der Waals surface area contributed by atoms with Crippen molar-refractivity contribution in [2.45, 2.75) is 24.3 Å². The number of hydrogen-bond acceptors (Lipinski definition) is 5. The number of nitrogens with zero attached hydrogens (tertiary/aromatic N) is 2. The maximum atomic E-state index is 12.7. The van der Waals surface area contributed by atoms with Gasteiger partial charge in [0.25, 0.3) is 5.91 Å². The van der Waals surface area contributed by atoms with Crippen molar-refractivity contribution in [3.63, 3.8) is 0 Å². The van der Waals surface area contributed by atoms with Crippen LogP contribution >= 0.6 is 23.4 Å². The van der Waals surface area contributed by atoms with Crippen LogP contribution in [0.1, 0.15) is 13.3 Å². The molecule has 0 aliphatic carbocycles. The van der Waals surface area contributed by atoms with Crippen LogP contribution in [0.15, 0.2) is 59.5 Å². The summed E-state index contributed by atoms with van der Waals surface area (Å²) < 4.78 is 5.28. The van der Waals surface area contributed by atoms with E-state index in [4.69, 9.17) is 21.6 Å². The first kappa shape index (κ1) is 20.8. The molecule has 0 aromatic heterocycles. The summed E-state index contributed by atoms with van der Waals surface area (Å²) in [5.41, 5.74) is 0.663. The number of hydrogen-bond donors (Lipinski definition) is 0. The Bertz CT molecular complexity index is 806. The number of benzene rings is 2. The minimum absolute atomic E-state index is 0.0861. The lowest BCUT2D eigenvalue weighted by Crippen LogP contribution is -2.41. The fraction of sp³-hybridized carbons (Fsp3) is 0.250. The lowest BCUT2D eigenvalue weighted by atomic mass is 10.2. The van der Waals surface area contributed by atoms with E-state index in [0.29, 0.717) is 10.7 Å². The van der Waals surface area contributed by atoms with Crippen LogP contribution in [0, 0.1) is 11.3 Å². The first-order valence-corrected chi connectivity index (χ1v) is 9.69. The fourth-order valence-corrected chi connectivity index (χ4v) is 3.12. The molecule has 1 unspecified atom stereocenters. The molecule has 0 aliphatic rings. The van der Waals surface area contributed by atoms with Gasteiger partial charge in [-0.15, -0.1) is 11.8 Å². The van der Waals surface area contributed by atoms with E-state index in [0.717, 1.165) is 4.90 Å². The van der Waals surface area contributed by atoms with E-state index in [-0.39, 0.29) is 24.6 Å². The zero-order chi connectivity index (χ0) is 19.6. The van der Waals surface area contributed by atoms with Crippen molar-refractivity contribution in [2.24, 2.45) is 0 Å². The zero-order valence-corrected chi connectivity index (χ0v) is 16.4. The Balaban J connectivity index is 1.94. The summed E-state index contributed by atoms with van der Waals surface area (Å²) in [6.45, 7) is 1.77. The minimum Gasteiger partial charge on any atom is -0.452 e. The van der Waals surface area contributed by atoms with Crippen LogP contribution in [0.2, 0.25) is 5.02 Å². The second-order valence-electron chi connectivity index (χ2n) is 5.61. The van der Waals surface area contributed by atoms with Crippen molar-refractivity contribution in [3.8, 4) is 6.07 Å². The summed E-state index contributed by atoms with van der Waals surface area (Å²) in [7, 11) is 0. The Morgan fingerprint density at radius 2 is 1.85 bits per heavy atom. The van der Waals surface area contributed by atoms with Gasteiger partial charge in [-0.25, -0.2) is 0 Å². The lowest BCUT2D eigenvalue weighted by molar-refractivity contribution is -0.151. The number of amides is 1. The average Bonchev–Trinajstić information content (AvgIpc) is 2.68. The standard InChI is InChI=1S/C20H19ClN2O3S/c1-15(26-19(24)14-27-18-10-8-16(21)9-11-18)20(25)23(13-5-12-22)17-6-3-2-4-7-17/h2-4,6-11,15H,5,13-14H2,1H3. The molecule has 1 amide bonds. The third-order valence-electron chi connectivity index (χ3n) is 3.61. The molecule has 0 saturated heterocycles. The van der Waals surface area contributed by atoms with Crippen LogP contribution in [-0.2, 0) is 14.3 Å². The number of halogens is 1.